The van der Waals surface area contributed by atoms with Gasteiger partial charge in [0.1, 0.15) is 24.4 Å². The highest BCUT2D eigenvalue weighted by atomic mass is 16.7. The maximum atomic E-state index is 13.2. The Morgan fingerprint density at radius 1 is 0.727 bits per heavy atom. The lowest BCUT2D eigenvalue weighted by atomic mass is 9.88. The van der Waals surface area contributed by atoms with Crippen LogP contribution in [-0.2, 0) is 14.3 Å². The van der Waals surface area contributed by atoms with Crippen LogP contribution in [0.3, 0.4) is 0 Å². The van der Waals surface area contributed by atoms with Crippen molar-refractivity contribution < 1.29 is 34.7 Å². The lowest BCUT2D eigenvalue weighted by Crippen LogP contribution is -2.73. The highest BCUT2D eigenvalue weighted by molar-refractivity contribution is 5.79. The van der Waals surface area contributed by atoms with Crippen molar-refractivity contribution in [2.24, 2.45) is 0 Å². The second-order valence-electron chi connectivity index (χ2n) is 13.5. The molecule has 0 bridgehead atoms. The zero-order valence-corrected chi connectivity index (χ0v) is 29.0. The minimum absolute atomic E-state index is 0.0821. The third-order valence-corrected chi connectivity index (χ3v) is 9.60. The van der Waals surface area contributed by atoms with E-state index in [1.807, 2.05) is 6.92 Å². The summed E-state index contributed by atoms with van der Waals surface area (Å²) in [5, 5.41) is 42.8. The van der Waals surface area contributed by atoms with E-state index in [2.05, 4.69) is 13.8 Å². The normalized spacial score (nSPS) is 24.6. The first kappa shape index (κ1) is 41.3. The molecule has 1 aliphatic heterocycles. The molecule has 262 valence electrons. The van der Waals surface area contributed by atoms with Gasteiger partial charge in [0, 0.05) is 6.04 Å². The van der Waals surface area contributed by atoms with E-state index in [1.165, 1.54) is 109 Å². The van der Waals surface area contributed by atoms with Gasteiger partial charge in [-0.2, -0.15) is 0 Å². The number of unbranched alkanes of at least 4 members (excludes halogenated alkanes) is 20. The molecule has 0 spiro atoms. The fourth-order valence-electron chi connectivity index (χ4n) is 6.46. The first-order valence-electron chi connectivity index (χ1n) is 18.5. The molecule has 1 heterocycles. The number of hydrogen-bond donors (Lipinski definition) is 4. The van der Waals surface area contributed by atoms with Gasteiger partial charge in [-0.3, -0.25) is 4.90 Å². The number of rotatable bonds is 28. The Hall–Kier alpha value is -0.770. The second-order valence-corrected chi connectivity index (χ2v) is 13.5. The van der Waals surface area contributed by atoms with E-state index in [1.54, 1.807) is 11.9 Å². The molecule has 0 amide bonds. The van der Waals surface area contributed by atoms with Crippen LogP contribution in [0.2, 0.25) is 0 Å². The number of carbonyl (C=O) groups excluding carboxylic acids is 1. The standard InChI is InChI=1S/C36H71NO7/c1-5-7-9-11-13-15-16-17-18-19-20-22-24-26-28-43-35(41)36(42)34(33(40)32(39)31(29-38)44-36)37(4)30(3)27-25-23-21-14-12-10-8-6-2/h30-34,38-40,42H,5-29H2,1-4H3/t30?,31-,32-,33+,34-,36?/m1/s1. The number of aliphatic hydroxyl groups excluding tert-OH is 3. The third-order valence-electron chi connectivity index (χ3n) is 9.60. The van der Waals surface area contributed by atoms with E-state index in [4.69, 9.17) is 9.47 Å². The first-order valence-corrected chi connectivity index (χ1v) is 18.5. The number of ether oxygens (including phenoxy) is 2. The Kier molecular flexibility index (Phi) is 23.8. The largest absolute Gasteiger partial charge is 0.462 e. The smallest absolute Gasteiger partial charge is 0.368 e. The van der Waals surface area contributed by atoms with E-state index in [0.717, 1.165) is 32.1 Å². The van der Waals surface area contributed by atoms with E-state index >= 15 is 0 Å². The Labute approximate surface area is 270 Å². The Bertz CT molecular complexity index is 695. The lowest BCUT2D eigenvalue weighted by molar-refractivity contribution is -0.328. The van der Waals surface area contributed by atoms with Gasteiger partial charge in [0.15, 0.2) is 0 Å². The van der Waals surface area contributed by atoms with Crippen LogP contribution in [0.4, 0.5) is 0 Å². The van der Waals surface area contributed by atoms with Gasteiger partial charge in [-0.1, -0.05) is 149 Å². The van der Waals surface area contributed by atoms with Crippen molar-refractivity contribution in [2.45, 2.75) is 205 Å². The summed E-state index contributed by atoms with van der Waals surface area (Å²) in [6, 6.07) is -1.31. The number of esters is 1. The monoisotopic (exact) mass is 630 g/mol. The summed E-state index contributed by atoms with van der Waals surface area (Å²) in [7, 11) is 1.73. The number of aliphatic hydroxyl groups is 4. The molecular weight excluding hydrogens is 558 g/mol. The molecule has 8 heteroatoms. The first-order chi connectivity index (χ1) is 21.2. The summed E-state index contributed by atoms with van der Waals surface area (Å²) in [5.74, 6) is -3.47. The van der Waals surface area contributed by atoms with Crippen molar-refractivity contribution in [3.63, 3.8) is 0 Å². The van der Waals surface area contributed by atoms with E-state index in [9.17, 15) is 25.2 Å². The summed E-state index contributed by atoms with van der Waals surface area (Å²) in [6.07, 6.45) is 23.4. The van der Waals surface area contributed by atoms with Gasteiger partial charge in [-0.25, -0.2) is 4.79 Å². The highest BCUT2D eigenvalue weighted by Gasteiger charge is 2.60. The average Bonchev–Trinajstić information content (AvgIpc) is 3.01. The number of nitrogens with zero attached hydrogens (tertiary/aromatic N) is 1. The molecule has 0 aromatic rings. The predicted molar refractivity (Wildman–Crippen MR) is 178 cm³/mol. The summed E-state index contributed by atoms with van der Waals surface area (Å²) in [5.41, 5.74) is 0. The molecule has 44 heavy (non-hydrogen) atoms. The molecule has 1 rings (SSSR count). The fourth-order valence-corrected chi connectivity index (χ4v) is 6.46. The molecule has 1 fully saturated rings. The molecule has 8 nitrogen and oxygen atoms in total. The van der Waals surface area contributed by atoms with E-state index < -0.39 is 42.7 Å². The summed E-state index contributed by atoms with van der Waals surface area (Å²) < 4.78 is 11.1. The van der Waals surface area contributed by atoms with Crippen molar-refractivity contribution in [2.75, 3.05) is 20.3 Å². The molecule has 0 aromatic carbocycles. The van der Waals surface area contributed by atoms with Crippen molar-refractivity contribution >= 4 is 5.97 Å². The SMILES string of the molecule is CCCCCCCCCCCCCCCCOC(=O)C1(O)O[C@H](CO)[C@@H](O)[C@H](O)[C@H]1N(C)C(C)CCCCCCCCCC. The molecule has 0 radical (unpaired) electrons. The van der Waals surface area contributed by atoms with Crippen LogP contribution in [-0.4, -0.2) is 87.7 Å². The van der Waals surface area contributed by atoms with Crippen LogP contribution in [0, 0.1) is 0 Å². The van der Waals surface area contributed by atoms with E-state index in [-0.39, 0.29) is 12.6 Å². The quantitative estimate of drug-likeness (QED) is 0.0538. The summed E-state index contributed by atoms with van der Waals surface area (Å²) in [6.45, 7) is 5.96. The van der Waals surface area contributed by atoms with Gasteiger partial charge in [0.25, 0.3) is 5.79 Å². The minimum atomic E-state index is -2.50. The minimum Gasteiger partial charge on any atom is -0.462 e. The Morgan fingerprint density at radius 2 is 1.14 bits per heavy atom. The number of likely N-dealkylation sites (N-methyl/N-ethyl adjacent to an activating group) is 1. The van der Waals surface area contributed by atoms with Crippen LogP contribution in [0.5, 0.6) is 0 Å². The zero-order valence-electron chi connectivity index (χ0n) is 29.0. The van der Waals surface area contributed by atoms with Crippen LogP contribution >= 0.6 is 0 Å². The third kappa shape index (κ3) is 15.7. The number of carbonyl (C=O) groups is 1. The van der Waals surface area contributed by atoms with Crippen molar-refractivity contribution in [3.05, 3.63) is 0 Å². The predicted octanol–water partition coefficient (Wildman–Crippen LogP) is 7.03. The number of hydrogen-bond acceptors (Lipinski definition) is 8. The van der Waals surface area contributed by atoms with Gasteiger partial charge < -0.3 is 29.9 Å². The molecule has 4 N–H and O–H groups in total. The van der Waals surface area contributed by atoms with Crippen molar-refractivity contribution in [3.8, 4) is 0 Å². The molecule has 0 saturated carbocycles. The summed E-state index contributed by atoms with van der Waals surface area (Å²) in [4.78, 5) is 14.9. The summed E-state index contributed by atoms with van der Waals surface area (Å²) >= 11 is 0. The van der Waals surface area contributed by atoms with Crippen LogP contribution in [0.1, 0.15) is 168 Å². The highest BCUT2D eigenvalue weighted by Crippen LogP contribution is 2.34. The molecule has 2 unspecified atom stereocenters. The topological polar surface area (TPSA) is 120 Å². The van der Waals surface area contributed by atoms with Crippen LogP contribution in [0.15, 0.2) is 0 Å². The van der Waals surface area contributed by atoms with Gasteiger partial charge in [0.05, 0.1) is 13.2 Å². The zero-order chi connectivity index (χ0) is 32.6. The van der Waals surface area contributed by atoms with E-state index in [0.29, 0.717) is 6.42 Å². The molecule has 0 aliphatic carbocycles. The molecule has 6 atom stereocenters. The molecule has 1 saturated heterocycles. The lowest BCUT2D eigenvalue weighted by Gasteiger charge is -2.50. The average molecular weight is 630 g/mol. The van der Waals surface area contributed by atoms with Gasteiger partial charge in [-0.05, 0) is 26.8 Å². The van der Waals surface area contributed by atoms with Gasteiger partial charge in [-0.15, -0.1) is 0 Å². The van der Waals surface area contributed by atoms with Crippen molar-refractivity contribution in [1.29, 1.82) is 0 Å². The second kappa shape index (κ2) is 25.3. The molecule has 0 aromatic heterocycles. The van der Waals surface area contributed by atoms with Gasteiger partial charge >= 0.3 is 5.97 Å². The fraction of sp³-hybridized carbons (Fsp3) is 0.972. The van der Waals surface area contributed by atoms with Crippen LogP contribution in [0.25, 0.3) is 0 Å². The Balaban J connectivity index is 2.44. The maximum absolute atomic E-state index is 13.2. The maximum Gasteiger partial charge on any atom is 0.368 e. The molecular formula is C36H71NO7. The van der Waals surface area contributed by atoms with Crippen LogP contribution < -0.4 is 0 Å². The molecule has 1 aliphatic rings. The van der Waals surface area contributed by atoms with Crippen molar-refractivity contribution in [1.82, 2.24) is 4.90 Å². The van der Waals surface area contributed by atoms with Gasteiger partial charge in [0.2, 0.25) is 0 Å². The Morgan fingerprint density at radius 3 is 1.57 bits per heavy atom.